The molecule has 28 nitrogen and oxygen atoms in total. The molecule has 4 aromatic carbocycles. The number of sulfone groups is 2. The quantitative estimate of drug-likeness (QED) is 0.0210. The molecule has 0 spiro atoms. The molecule has 0 aliphatic heterocycles. The van der Waals surface area contributed by atoms with Gasteiger partial charge in [-0.05, 0) is 54.3 Å². The number of aryl methyl sites for hydroxylation is 1. The fourth-order valence-electron chi connectivity index (χ4n) is 5.35. The number of phenolic OH excluding ortho intramolecular Hbond substituents is 1. The number of azo groups is 1. The average Bonchev–Trinajstić information content (AvgIpc) is 3.11. The number of anilines is 3. The summed E-state index contributed by atoms with van der Waals surface area (Å²) in [5, 5.41) is 17.2. The van der Waals surface area contributed by atoms with Gasteiger partial charge in [0.25, 0.3) is 30.4 Å². The molecule has 0 amide bonds. The summed E-state index contributed by atoms with van der Waals surface area (Å²) in [7, 11) is -34.2. The Kier molecular flexibility index (Phi) is 14.5. The Labute approximate surface area is 357 Å². The van der Waals surface area contributed by atoms with E-state index in [2.05, 4.69) is 29.4 Å². The Bertz CT molecular complexity index is 3360. The van der Waals surface area contributed by atoms with Crippen molar-refractivity contribution in [1.29, 1.82) is 0 Å². The Hall–Kier alpha value is -4.89. The molecule has 4 aromatic rings. The smallest absolute Gasteiger partial charge is 0.397 e. The molecule has 0 aliphatic carbocycles. The Morgan fingerprint density at radius 1 is 0.635 bits per heavy atom. The zero-order valence-electron chi connectivity index (χ0n) is 31.3. The molecule has 0 atom stereocenters. The van der Waals surface area contributed by atoms with Gasteiger partial charge in [0.05, 0.1) is 58.4 Å². The van der Waals surface area contributed by atoms with Gasteiger partial charge in [-0.2, -0.15) is 42.1 Å². The van der Waals surface area contributed by atoms with Crippen molar-refractivity contribution in [3.8, 4) is 11.5 Å². The minimum Gasteiger partial charge on any atom is -0.505 e. The zero-order chi connectivity index (χ0) is 47.9. The third-order valence-corrected chi connectivity index (χ3v) is 15.1. The van der Waals surface area contributed by atoms with E-state index in [9.17, 15) is 77.7 Å². The molecule has 0 saturated heterocycles. The third kappa shape index (κ3) is 12.4. The second-order valence-electron chi connectivity index (χ2n) is 12.3. The van der Waals surface area contributed by atoms with Crippen LogP contribution in [0.15, 0.2) is 77.2 Å². The summed E-state index contributed by atoms with van der Waals surface area (Å²) >= 11 is 0. The van der Waals surface area contributed by atoms with E-state index in [1.807, 2.05) is 0 Å². The summed E-state index contributed by atoms with van der Waals surface area (Å²) in [5.74, 6) is -3.59. The summed E-state index contributed by atoms with van der Waals surface area (Å²) < 4.78 is 230. The van der Waals surface area contributed by atoms with Crippen LogP contribution < -0.4 is 21.3 Å². The van der Waals surface area contributed by atoms with Gasteiger partial charge in [-0.3, -0.25) is 33.6 Å². The van der Waals surface area contributed by atoms with Gasteiger partial charge in [0.2, 0.25) is 0 Å². The van der Waals surface area contributed by atoms with Gasteiger partial charge in [0.1, 0.15) is 37.5 Å². The molecule has 0 heterocycles. The van der Waals surface area contributed by atoms with Gasteiger partial charge in [-0.25, -0.2) is 25.2 Å². The lowest BCUT2D eigenvalue weighted by Gasteiger charge is -2.20. The molecular formula is C28H31N5O23S7. The average molecular weight is 1030 g/mol. The fourth-order valence-corrected chi connectivity index (χ4v) is 10.7. The number of hydrogen-bond donors (Lipinski definition) is 9. The van der Waals surface area contributed by atoms with Crippen molar-refractivity contribution in [2.75, 3.05) is 48.4 Å². The fraction of sp³-hybridized carbons (Fsp3) is 0.214. The molecule has 63 heavy (non-hydrogen) atoms. The van der Waals surface area contributed by atoms with Crippen LogP contribution in [0.5, 0.6) is 11.5 Å². The van der Waals surface area contributed by atoms with Crippen molar-refractivity contribution in [3.63, 3.8) is 0 Å². The number of nitrogen functional groups attached to an aromatic ring is 1. The van der Waals surface area contributed by atoms with Crippen LogP contribution in [-0.4, -0.2) is 119 Å². The first kappa shape index (κ1) is 50.8. The summed E-state index contributed by atoms with van der Waals surface area (Å²) in [6.45, 7) is -0.843. The van der Waals surface area contributed by atoms with E-state index in [4.69, 9.17) is 19.6 Å². The molecule has 4 rings (SSSR count). The van der Waals surface area contributed by atoms with Crippen molar-refractivity contribution in [1.82, 2.24) is 0 Å². The first-order chi connectivity index (χ1) is 28.6. The summed E-state index contributed by atoms with van der Waals surface area (Å²) in [5.41, 5.74) is 6.74. The predicted molar refractivity (Wildman–Crippen MR) is 214 cm³/mol. The second kappa shape index (κ2) is 17.9. The molecule has 0 fully saturated rings. The van der Waals surface area contributed by atoms with E-state index in [0.717, 1.165) is 19.2 Å². The number of aromatic hydroxyl groups is 1. The maximum Gasteiger partial charge on any atom is 0.397 e. The van der Waals surface area contributed by atoms with E-state index in [1.54, 1.807) is 0 Å². The van der Waals surface area contributed by atoms with Crippen LogP contribution in [0.3, 0.4) is 0 Å². The van der Waals surface area contributed by atoms with Crippen LogP contribution >= 0.6 is 0 Å². The highest BCUT2D eigenvalue weighted by Gasteiger charge is 2.29. The van der Waals surface area contributed by atoms with Gasteiger partial charge < -0.3 is 15.6 Å². The van der Waals surface area contributed by atoms with Crippen molar-refractivity contribution in [3.05, 3.63) is 48.0 Å². The number of nitrogens with one attached hydrogen (secondary N) is 2. The highest BCUT2D eigenvalue weighted by Crippen LogP contribution is 2.47. The second-order valence-corrected chi connectivity index (χ2v) is 22.8. The van der Waals surface area contributed by atoms with E-state index in [0.29, 0.717) is 30.3 Å². The van der Waals surface area contributed by atoms with Crippen LogP contribution in [0, 0.1) is 6.92 Å². The van der Waals surface area contributed by atoms with Gasteiger partial charge >= 0.3 is 20.8 Å². The predicted octanol–water partition coefficient (Wildman–Crippen LogP) is 1.23. The zero-order valence-corrected chi connectivity index (χ0v) is 37.0. The highest BCUT2D eigenvalue weighted by molar-refractivity contribution is 7.92. The SMILES string of the molecule is COc1cc(S(=O)(=O)CCOS(=O)(=O)O)c(C)cc1NNc1c(S(=O)(=O)O)cc2cc(S(=O)(=O)O)c(/N=N/c3ccc(S(=O)(=O)CCOS(=O)(=O)O)cc3S(=O)(=O)O)c(N)c2c1O. The number of phenols is 1. The highest BCUT2D eigenvalue weighted by atomic mass is 32.3. The van der Waals surface area contributed by atoms with E-state index >= 15 is 0 Å². The molecule has 10 N–H and O–H groups in total. The number of nitrogens with zero attached hydrogens (tertiary/aromatic N) is 2. The van der Waals surface area contributed by atoms with E-state index < -0.39 is 159 Å². The first-order valence-electron chi connectivity index (χ1n) is 16.1. The molecule has 0 unspecified atom stereocenters. The van der Waals surface area contributed by atoms with Gasteiger partial charge in [-0.1, -0.05) is 0 Å². The molecule has 348 valence electrons. The standard InChI is InChI=1S/C28H31N5O23S7/c1-14-9-18(19(54-2)13-20(14)58(37,38)8-6-56-63(51,52)53)31-33-27-23(61(45,46)47)11-15-10-22(60(42,43)44)26(25(29)24(15)28(27)34)32-30-17-4-3-16(12-21(17)59(39,40)41)57(35,36)7-5-55-62(48,49)50/h3-4,9-13,31,33-34H,5-8,29H2,1-2H3,(H,39,40,41)(H,42,43,44)(H,45,46,47)(H,48,49,50)(H,51,52,53)/b32-30+. The number of rotatable bonds is 19. The Balaban J connectivity index is 1.87. The van der Waals surface area contributed by atoms with Crippen LogP contribution in [0.1, 0.15) is 5.56 Å². The van der Waals surface area contributed by atoms with E-state index in [1.165, 1.54) is 6.92 Å². The monoisotopic (exact) mass is 1030 g/mol. The minimum absolute atomic E-state index is 0.0413. The van der Waals surface area contributed by atoms with Crippen molar-refractivity contribution >= 4 is 110 Å². The summed E-state index contributed by atoms with van der Waals surface area (Å²) in [4.78, 5) is -5.05. The Morgan fingerprint density at radius 2 is 1.16 bits per heavy atom. The van der Waals surface area contributed by atoms with Crippen LogP contribution in [0.2, 0.25) is 0 Å². The molecular weight excluding hydrogens is 999 g/mol. The maximum atomic E-state index is 12.9. The number of nitrogens with two attached hydrogens (primary N) is 1. The maximum absolute atomic E-state index is 12.9. The normalized spacial score (nSPS) is 13.4. The lowest BCUT2D eigenvalue weighted by Crippen LogP contribution is -2.17. The molecule has 0 aromatic heterocycles. The molecule has 0 saturated carbocycles. The molecule has 35 heteroatoms. The minimum atomic E-state index is -5.47. The number of methoxy groups -OCH3 is 1. The lowest BCUT2D eigenvalue weighted by molar-refractivity contribution is 0.282. The molecule has 0 aliphatic rings. The molecule has 0 radical (unpaired) electrons. The third-order valence-electron chi connectivity index (χ3n) is 8.04. The van der Waals surface area contributed by atoms with Crippen LogP contribution in [-0.2, 0) is 79.2 Å². The number of hydrazine groups is 1. The molecule has 0 bridgehead atoms. The number of fused-ring (bicyclic) bond motifs is 1. The Morgan fingerprint density at radius 3 is 1.67 bits per heavy atom. The van der Waals surface area contributed by atoms with E-state index in [-0.39, 0.29) is 17.0 Å². The number of benzene rings is 4. The van der Waals surface area contributed by atoms with Gasteiger partial charge in [-0.15, -0.1) is 10.2 Å². The topological polar surface area (TPSA) is 463 Å². The summed E-state index contributed by atoms with van der Waals surface area (Å²) in [6.07, 6.45) is 0. The van der Waals surface area contributed by atoms with Gasteiger partial charge in [0.15, 0.2) is 25.4 Å². The lowest BCUT2D eigenvalue weighted by atomic mass is 10.0. The van der Waals surface area contributed by atoms with Crippen LogP contribution in [0.4, 0.5) is 28.4 Å². The number of hydrogen-bond acceptors (Lipinski definition) is 23. The summed E-state index contributed by atoms with van der Waals surface area (Å²) in [6, 6.07) is 4.73. The van der Waals surface area contributed by atoms with Crippen LogP contribution in [0.25, 0.3) is 10.8 Å². The van der Waals surface area contributed by atoms with Crippen molar-refractivity contribution in [2.45, 2.75) is 31.4 Å². The first-order valence-corrected chi connectivity index (χ1v) is 26.4. The van der Waals surface area contributed by atoms with Gasteiger partial charge in [0, 0.05) is 6.07 Å². The van der Waals surface area contributed by atoms with Crippen molar-refractivity contribution in [2.24, 2.45) is 10.2 Å². The number of ether oxygens (including phenoxy) is 1. The largest absolute Gasteiger partial charge is 0.505 e. The van der Waals surface area contributed by atoms with Crippen molar-refractivity contribution < 1.29 is 99.9 Å².